The average Bonchev–Trinajstić information content (AvgIpc) is 2.45. The molecule has 1 aliphatic rings. The zero-order valence-corrected chi connectivity index (χ0v) is 14.1. The van der Waals surface area contributed by atoms with E-state index in [0.717, 1.165) is 25.0 Å². The molecule has 0 aromatic heterocycles. The van der Waals surface area contributed by atoms with E-state index in [4.69, 9.17) is 4.74 Å². The van der Waals surface area contributed by atoms with Crippen molar-refractivity contribution in [3.63, 3.8) is 0 Å². The highest BCUT2D eigenvalue weighted by Gasteiger charge is 2.30. The van der Waals surface area contributed by atoms with Gasteiger partial charge < -0.3 is 15.0 Å². The van der Waals surface area contributed by atoms with Gasteiger partial charge in [0.2, 0.25) is 0 Å². The molecule has 4 nitrogen and oxygen atoms in total. The average molecular weight is 344 g/mol. The topological polar surface area (TPSA) is 41.6 Å². The molecule has 7 heteroatoms. The van der Waals surface area contributed by atoms with Crippen molar-refractivity contribution in [1.82, 2.24) is 4.90 Å². The SMILES string of the molecule is CC(C)(C)OC(=O)N1CCC[C@@H](Nc2ccc(C(F)(F)F)cc2)C1. The summed E-state index contributed by atoms with van der Waals surface area (Å²) < 4.78 is 43.1. The van der Waals surface area contributed by atoms with E-state index >= 15 is 0 Å². The number of anilines is 1. The number of ether oxygens (including phenoxy) is 1. The summed E-state index contributed by atoms with van der Waals surface area (Å²) in [6, 6.07) is 4.92. The van der Waals surface area contributed by atoms with Crippen molar-refractivity contribution in [2.75, 3.05) is 18.4 Å². The number of benzene rings is 1. The zero-order valence-electron chi connectivity index (χ0n) is 14.1. The lowest BCUT2D eigenvalue weighted by atomic mass is 10.1. The first-order chi connectivity index (χ1) is 11.0. The molecule has 0 bridgehead atoms. The lowest BCUT2D eigenvalue weighted by Gasteiger charge is -2.34. The Kier molecular flexibility index (Phi) is 5.30. The molecule has 1 amide bonds. The molecule has 1 heterocycles. The third kappa shape index (κ3) is 5.32. The molecule has 1 aliphatic heterocycles. The van der Waals surface area contributed by atoms with Crippen molar-refractivity contribution in [2.24, 2.45) is 0 Å². The molecule has 1 aromatic carbocycles. The Hall–Kier alpha value is -1.92. The number of nitrogens with one attached hydrogen (secondary N) is 1. The summed E-state index contributed by atoms with van der Waals surface area (Å²) in [5.41, 5.74) is -0.614. The van der Waals surface area contributed by atoms with E-state index in [-0.39, 0.29) is 12.1 Å². The third-order valence-corrected chi connectivity index (χ3v) is 3.66. The number of carbonyl (C=O) groups is 1. The number of alkyl halides is 3. The Bertz CT molecular complexity index is 565. The van der Waals surface area contributed by atoms with Gasteiger partial charge in [0.1, 0.15) is 5.60 Å². The molecule has 0 spiro atoms. The van der Waals surface area contributed by atoms with E-state index in [1.807, 2.05) is 20.8 Å². The number of hydrogen-bond donors (Lipinski definition) is 1. The largest absolute Gasteiger partial charge is 0.444 e. The molecule has 1 N–H and O–H groups in total. The van der Waals surface area contributed by atoms with Crippen molar-refractivity contribution in [2.45, 2.75) is 51.4 Å². The normalized spacial score (nSPS) is 19.1. The first-order valence-electron chi connectivity index (χ1n) is 7.96. The Labute approximate surface area is 140 Å². The van der Waals surface area contributed by atoms with Crippen LogP contribution in [0.4, 0.5) is 23.7 Å². The predicted molar refractivity (Wildman–Crippen MR) is 85.9 cm³/mol. The molecule has 1 fully saturated rings. The number of rotatable bonds is 2. The van der Waals surface area contributed by atoms with Crippen LogP contribution >= 0.6 is 0 Å². The molecule has 1 saturated heterocycles. The van der Waals surface area contributed by atoms with Gasteiger partial charge in [0, 0.05) is 24.8 Å². The molecule has 0 aliphatic carbocycles. The molecular weight excluding hydrogens is 321 g/mol. The lowest BCUT2D eigenvalue weighted by Crippen LogP contribution is -2.46. The van der Waals surface area contributed by atoms with Crippen LogP contribution in [0.15, 0.2) is 24.3 Å². The smallest absolute Gasteiger partial charge is 0.416 e. The molecule has 1 aromatic rings. The first-order valence-corrected chi connectivity index (χ1v) is 7.96. The summed E-state index contributed by atoms with van der Waals surface area (Å²) in [6.45, 7) is 6.53. The van der Waals surface area contributed by atoms with Crippen LogP contribution in [0.25, 0.3) is 0 Å². The van der Waals surface area contributed by atoms with Crippen molar-refractivity contribution < 1.29 is 22.7 Å². The molecule has 1 atom stereocenters. The Morgan fingerprint density at radius 2 is 1.83 bits per heavy atom. The van der Waals surface area contributed by atoms with Gasteiger partial charge in [-0.15, -0.1) is 0 Å². The van der Waals surface area contributed by atoms with Crippen molar-refractivity contribution in [1.29, 1.82) is 0 Å². The van der Waals surface area contributed by atoms with Crippen LogP contribution in [-0.4, -0.2) is 35.7 Å². The maximum atomic E-state index is 12.6. The fraction of sp³-hybridized carbons (Fsp3) is 0.588. The van der Waals surface area contributed by atoms with Crippen LogP contribution in [-0.2, 0) is 10.9 Å². The highest BCUT2D eigenvalue weighted by atomic mass is 19.4. The van der Waals surface area contributed by atoms with Crippen molar-refractivity contribution in [3.8, 4) is 0 Å². The summed E-state index contributed by atoms with van der Waals surface area (Å²) in [7, 11) is 0. The second-order valence-electron chi connectivity index (χ2n) is 6.98. The first kappa shape index (κ1) is 18.4. The fourth-order valence-corrected chi connectivity index (χ4v) is 2.58. The van der Waals surface area contributed by atoms with Gasteiger partial charge in [-0.1, -0.05) is 0 Å². The summed E-state index contributed by atoms with van der Waals surface area (Å²) >= 11 is 0. The summed E-state index contributed by atoms with van der Waals surface area (Å²) in [4.78, 5) is 13.8. The number of hydrogen-bond acceptors (Lipinski definition) is 3. The molecule has 24 heavy (non-hydrogen) atoms. The maximum Gasteiger partial charge on any atom is 0.416 e. The van der Waals surface area contributed by atoms with Gasteiger partial charge in [-0.2, -0.15) is 13.2 Å². The van der Waals surface area contributed by atoms with Gasteiger partial charge in [0.25, 0.3) is 0 Å². The molecular formula is C17H23F3N2O2. The van der Waals surface area contributed by atoms with Gasteiger partial charge in [0.05, 0.1) is 5.56 Å². The monoisotopic (exact) mass is 344 g/mol. The predicted octanol–water partition coefficient (Wildman–Crippen LogP) is 4.52. The third-order valence-electron chi connectivity index (χ3n) is 3.66. The summed E-state index contributed by atoms with van der Waals surface area (Å²) in [6.07, 6.45) is -3.03. The number of nitrogens with zero attached hydrogens (tertiary/aromatic N) is 1. The summed E-state index contributed by atoms with van der Waals surface area (Å²) in [5, 5.41) is 3.19. The number of halogens is 3. The minimum atomic E-state index is -4.34. The molecule has 134 valence electrons. The number of amides is 1. The zero-order chi connectivity index (χ0) is 18.0. The lowest BCUT2D eigenvalue weighted by molar-refractivity contribution is -0.137. The number of likely N-dealkylation sites (tertiary alicyclic amines) is 1. The van der Waals surface area contributed by atoms with E-state index in [1.54, 1.807) is 4.90 Å². The van der Waals surface area contributed by atoms with Gasteiger partial charge in [0.15, 0.2) is 0 Å². The van der Waals surface area contributed by atoms with E-state index in [9.17, 15) is 18.0 Å². The van der Waals surface area contributed by atoms with Crippen LogP contribution in [0.2, 0.25) is 0 Å². The minimum absolute atomic E-state index is 0.0111. The highest BCUT2D eigenvalue weighted by Crippen LogP contribution is 2.30. The molecule has 2 rings (SSSR count). The van der Waals surface area contributed by atoms with Gasteiger partial charge in [-0.3, -0.25) is 0 Å². The number of piperidine rings is 1. The van der Waals surface area contributed by atoms with Crippen LogP contribution in [0.5, 0.6) is 0 Å². The van der Waals surface area contributed by atoms with E-state index < -0.39 is 17.3 Å². The van der Waals surface area contributed by atoms with Crippen molar-refractivity contribution in [3.05, 3.63) is 29.8 Å². The van der Waals surface area contributed by atoms with Crippen LogP contribution in [0.3, 0.4) is 0 Å². The standard InChI is InChI=1S/C17H23F3N2O2/c1-16(2,3)24-15(23)22-10-4-5-14(11-22)21-13-8-6-12(7-9-13)17(18,19)20/h6-9,14,21H,4-5,10-11H2,1-3H3/t14-/m1/s1. The molecule has 0 radical (unpaired) electrons. The number of carbonyl (C=O) groups excluding carboxylic acids is 1. The Morgan fingerprint density at radius 3 is 2.38 bits per heavy atom. The van der Waals surface area contributed by atoms with Gasteiger partial charge in [-0.25, -0.2) is 4.79 Å². The summed E-state index contributed by atoms with van der Waals surface area (Å²) in [5.74, 6) is 0. The van der Waals surface area contributed by atoms with Crippen LogP contribution in [0, 0.1) is 0 Å². The van der Waals surface area contributed by atoms with E-state index in [2.05, 4.69) is 5.32 Å². The fourth-order valence-electron chi connectivity index (χ4n) is 2.58. The Morgan fingerprint density at radius 1 is 1.21 bits per heavy atom. The van der Waals surface area contributed by atoms with Gasteiger partial charge in [-0.05, 0) is 57.9 Å². The van der Waals surface area contributed by atoms with E-state index in [0.29, 0.717) is 18.8 Å². The van der Waals surface area contributed by atoms with E-state index in [1.165, 1.54) is 12.1 Å². The quantitative estimate of drug-likeness (QED) is 0.858. The van der Waals surface area contributed by atoms with Crippen molar-refractivity contribution >= 4 is 11.8 Å². The minimum Gasteiger partial charge on any atom is -0.444 e. The second kappa shape index (κ2) is 6.91. The molecule has 0 saturated carbocycles. The maximum absolute atomic E-state index is 12.6. The molecule has 0 unspecified atom stereocenters. The second-order valence-corrected chi connectivity index (χ2v) is 6.98. The van der Waals surface area contributed by atoms with Crippen LogP contribution < -0.4 is 5.32 Å². The highest BCUT2D eigenvalue weighted by molar-refractivity contribution is 5.68. The van der Waals surface area contributed by atoms with Crippen LogP contribution in [0.1, 0.15) is 39.2 Å². The van der Waals surface area contributed by atoms with Gasteiger partial charge >= 0.3 is 12.3 Å². The Balaban J connectivity index is 1.94.